The van der Waals surface area contributed by atoms with Gasteiger partial charge in [0.05, 0.1) is 22.7 Å². The third-order valence-corrected chi connectivity index (χ3v) is 6.08. The molecule has 0 heterocycles. The smallest absolute Gasteiger partial charge is 0.338 e. The molecular formula is C24H25NO4S. The molecule has 0 aliphatic rings. The first-order valence-electron chi connectivity index (χ1n) is 9.62. The monoisotopic (exact) mass is 423 g/mol. The van der Waals surface area contributed by atoms with Gasteiger partial charge >= 0.3 is 5.97 Å². The quantitative estimate of drug-likeness (QED) is 0.521. The van der Waals surface area contributed by atoms with Gasteiger partial charge in [0.1, 0.15) is 5.60 Å². The zero-order valence-electron chi connectivity index (χ0n) is 17.3. The van der Waals surface area contributed by atoms with Crippen molar-refractivity contribution in [2.75, 3.05) is 4.31 Å². The van der Waals surface area contributed by atoms with E-state index in [1.165, 1.54) is 4.31 Å². The van der Waals surface area contributed by atoms with Crippen molar-refractivity contribution in [1.82, 2.24) is 0 Å². The molecule has 0 amide bonds. The number of hydrogen-bond acceptors (Lipinski definition) is 4. The molecule has 0 fully saturated rings. The van der Waals surface area contributed by atoms with E-state index in [-0.39, 0.29) is 11.4 Å². The summed E-state index contributed by atoms with van der Waals surface area (Å²) in [6.07, 6.45) is 0. The van der Waals surface area contributed by atoms with Gasteiger partial charge in [0.15, 0.2) is 0 Å². The summed E-state index contributed by atoms with van der Waals surface area (Å²) in [5, 5.41) is 0. The molecule has 3 aromatic rings. The van der Waals surface area contributed by atoms with Crippen LogP contribution in [0, 0.1) is 0 Å². The van der Waals surface area contributed by atoms with Gasteiger partial charge in [0.2, 0.25) is 0 Å². The van der Waals surface area contributed by atoms with Crippen LogP contribution in [0.3, 0.4) is 0 Å². The lowest BCUT2D eigenvalue weighted by atomic mass is 10.1. The topological polar surface area (TPSA) is 63.7 Å². The first-order valence-corrected chi connectivity index (χ1v) is 11.1. The van der Waals surface area contributed by atoms with E-state index in [0.717, 1.165) is 5.56 Å². The highest BCUT2D eigenvalue weighted by Gasteiger charge is 2.25. The van der Waals surface area contributed by atoms with E-state index in [4.69, 9.17) is 4.74 Å². The third kappa shape index (κ3) is 5.27. The van der Waals surface area contributed by atoms with Crippen molar-refractivity contribution >= 4 is 21.7 Å². The Hall–Kier alpha value is -3.12. The van der Waals surface area contributed by atoms with Crippen LogP contribution in [0.2, 0.25) is 0 Å². The number of sulfonamides is 1. The van der Waals surface area contributed by atoms with E-state index in [0.29, 0.717) is 11.3 Å². The molecule has 5 nitrogen and oxygen atoms in total. The average molecular weight is 424 g/mol. The van der Waals surface area contributed by atoms with Crippen LogP contribution < -0.4 is 4.31 Å². The number of rotatable bonds is 6. The average Bonchev–Trinajstić information content (AvgIpc) is 2.72. The van der Waals surface area contributed by atoms with Crippen LogP contribution in [0.15, 0.2) is 89.8 Å². The van der Waals surface area contributed by atoms with Gasteiger partial charge in [-0.15, -0.1) is 0 Å². The first-order chi connectivity index (χ1) is 14.2. The highest BCUT2D eigenvalue weighted by Crippen LogP contribution is 2.27. The van der Waals surface area contributed by atoms with E-state index in [1.807, 2.05) is 30.3 Å². The molecule has 0 atom stereocenters. The maximum atomic E-state index is 13.4. The molecule has 0 unspecified atom stereocenters. The maximum Gasteiger partial charge on any atom is 0.338 e. The first kappa shape index (κ1) is 21.6. The second-order valence-corrected chi connectivity index (χ2v) is 9.72. The van der Waals surface area contributed by atoms with Gasteiger partial charge in [0, 0.05) is 0 Å². The predicted molar refractivity (Wildman–Crippen MR) is 118 cm³/mol. The standard InChI is InChI=1S/C24H25NO4S/c1-24(2,3)29-23(26)20-14-16-21(17-15-20)25(18-19-10-6-4-7-11-19)30(27,28)22-12-8-5-9-13-22/h4-17H,18H2,1-3H3. The lowest BCUT2D eigenvalue weighted by molar-refractivity contribution is 0.00695. The summed E-state index contributed by atoms with van der Waals surface area (Å²) < 4.78 is 33.5. The molecule has 0 aliphatic carbocycles. The summed E-state index contributed by atoms with van der Waals surface area (Å²) in [6, 6.07) is 24.1. The molecular weight excluding hydrogens is 398 g/mol. The van der Waals surface area contributed by atoms with E-state index >= 15 is 0 Å². The molecule has 0 bridgehead atoms. The van der Waals surface area contributed by atoms with Gasteiger partial charge in [-0.25, -0.2) is 13.2 Å². The molecule has 0 aliphatic heterocycles. The minimum absolute atomic E-state index is 0.170. The van der Waals surface area contributed by atoms with Crippen LogP contribution in [-0.2, 0) is 21.3 Å². The van der Waals surface area contributed by atoms with Gasteiger partial charge < -0.3 is 4.74 Å². The van der Waals surface area contributed by atoms with Crippen LogP contribution >= 0.6 is 0 Å². The molecule has 156 valence electrons. The minimum atomic E-state index is -3.80. The Balaban J connectivity index is 1.97. The molecule has 30 heavy (non-hydrogen) atoms. The van der Waals surface area contributed by atoms with Crippen LogP contribution in [-0.4, -0.2) is 20.0 Å². The van der Waals surface area contributed by atoms with E-state index in [9.17, 15) is 13.2 Å². The Morgan fingerprint density at radius 1 is 0.833 bits per heavy atom. The number of nitrogens with zero attached hydrogens (tertiary/aromatic N) is 1. The molecule has 0 N–H and O–H groups in total. The predicted octanol–water partition coefficient (Wildman–Crippen LogP) is 5.04. The van der Waals surface area contributed by atoms with Gasteiger partial charge in [-0.2, -0.15) is 0 Å². The Morgan fingerprint density at radius 2 is 1.37 bits per heavy atom. The minimum Gasteiger partial charge on any atom is -0.456 e. The number of carbonyl (C=O) groups excluding carboxylic acids is 1. The van der Waals surface area contributed by atoms with Crippen LogP contribution in [0.1, 0.15) is 36.7 Å². The van der Waals surface area contributed by atoms with Gasteiger partial charge in [0.25, 0.3) is 10.0 Å². The zero-order chi connectivity index (χ0) is 21.8. The molecule has 0 saturated heterocycles. The normalized spacial score (nSPS) is 11.7. The number of anilines is 1. The second kappa shape index (κ2) is 8.71. The molecule has 0 spiro atoms. The van der Waals surface area contributed by atoms with Crippen molar-refractivity contribution in [3.63, 3.8) is 0 Å². The summed E-state index contributed by atoms with van der Waals surface area (Å²) in [5.74, 6) is -0.449. The Bertz CT molecular complexity index is 1090. The maximum absolute atomic E-state index is 13.4. The van der Waals surface area contributed by atoms with Crippen molar-refractivity contribution in [2.24, 2.45) is 0 Å². The van der Waals surface area contributed by atoms with E-state index < -0.39 is 21.6 Å². The summed E-state index contributed by atoms with van der Waals surface area (Å²) in [6.45, 7) is 5.57. The van der Waals surface area contributed by atoms with Crippen LogP contribution in [0.25, 0.3) is 0 Å². The number of carbonyl (C=O) groups is 1. The number of ether oxygens (including phenoxy) is 1. The fourth-order valence-electron chi connectivity index (χ4n) is 2.88. The summed E-state index contributed by atoms with van der Waals surface area (Å²) >= 11 is 0. The Kier molecular flexibility index (Phi) is 6.27. The number of esters is 1. The van der Waals surface area contributed by atoms with E-state index in [2.05, 4.69) is 0 Å². The molecule has 0 radical (unpaired) electrons. The van der Waals surface area contributed by atoms with Gasteiger partial charge in [-0.1, -0.05) is 48.5 Å². The lowest BCUT2D eigenvalue weighted by Crippen LogP contribution is -2.30. The summed E-state index contributed by atoms with van der Waals surface area (Å²) in [4.78, 5) is 12.5. The zero-order valence-corrected chi connectivity index (χ0v) is 18.1. The Morgan fingerprint density at radius 3 is 1.90 bits per heavy atom. The Labute approximate surface area is 178 Å². The van der Waals surface area contributed by atoms with Crippen molar-refractivity contribution in [3.8, 4) is 0 Å². The molecule has 6 heteroatoms. The summed E-state index contributed by atoms with van der Waals surface area (Å²) in [5.41, 5.74) is 1.08. The van der Waals surface area contributed by atoms with Crippen molar-refractivity contribution in [2.45, 2.75) is 37.8 Å². The van der Waals surface area contributed by atoms with Gasteiger partial charge in [-0.3, -0.25) is 4.31 Å². The van der Waals surface area contributed by atoms with Crippen molar-refractivity contribution < 1.29 is 17.9 Å². The fourth-order valence-corrected chi connectivity index (χ4v) is 4.36. The SMILES string of the molecule is CC(C)(C)OC(=O)c1ccc(N(Cc2ccccc2)S(=O)(=O)c2ccccc2)cc1. The fraction of sp³-hybridized carbons (Fsp3) is 0.208. The molecule has 3 rings (SSSR count). The molecule has 0 saturated carbocycles. The van der Waals surface area contributed by atoms with E-state index in [1.54, 1.807) is 75.4 Å². The highest BCUT2D eigenvalue weighted by atomic mass is 32.2. The highest BCUT2D eigenvalue weighted by molar-refractivity contribution is 7.92. The molecule has 0 aromatic heterocycles. The summed E-state index contributed by atoms with van der Waals surface area (Å²) in [7, 11) is -3.80. The largest absolute Gasteiger partial charge is 0.456 e. The number of hydrogen-bond donors (Lipinski definition) is 0. The third-order valence-electron chi connectivity index (χ3n) is 4.29. The van der Waals surface area contributed by atoms with Crippen molar-refractivity contribution in [1.29, 1.82) is 0 Å². The van der Waals surface area contributed by atoms with Crippen molar-refractivity contribution in [3.05, 3.63) is 96.1 Å². The van der Waals surface area contributed by atoms with Gasteiger partial charge in [-0.05, 0) is 62.7 Å². The lowest BCUT2D eigenvalue weighted by Gasteiger charge is -2.25. The van der Waals surface area contributed by atoms with Crippen LogP contribution in [0.4, 0.5) is 5.69 Å². The molecule has 3 aromatic carbocycles. The van der Waals surface area contributed by atoms with Crippen LogP contribution in [0.5, 0.6) is 0 Å². The number of benzene rings is 3. The second-order valence-electron chi connectivity index (χ2n) is 7.86.